The highest BCUT2D eigenvalue weighted by Gasteiger charge is 2.14. The Kier molecular flexibility index (Phi) is 5.53. The summed E-state index contributed by atoms with van der Waals surface area (Å²) in [6.07, 6.45) is 1.34. The standard InChI is InChI=1S/C21H22F2N6/c1-28-9-11-29(12-10-28)16-7-5-15(6-8-16)26-19-13-20(25-14-24-19)27-21-17(22)3-2-4-18(21)23/h2-8,13-14H,9-12H2,1H3,(H2,24,25,26,27). The van der Waals surface area contributed by atoms with E-state index in [9.17, 15) is 8.78 Å². The van der Waals surface area contributed by atoms with Crippen LogP contribution < -0.4 is 15.5 Å². The Morgan fingerprint density at radius 2 is 1.45 bits per heavy atom. The summed E-state index contributed by atoms with van der Waals surface area (Å²) in [5, 5.41) is 5.86. The molecule has 0 radical (unpaired) electrons. The number of anilines is 5. The van der Waals surface area contributed by atoms with Crippen LogP contribution in [0.25, 0.3) is 0 Å². The van der Waals surface area contributed by atoms with Crippen molar-refractivity contribution < 1.29 is 8.78 Å². The van der Waals surface area contributed by atoms with Gasteiger partial charge in [0.1, 0.15) is 35.3 Å². The van der Waals surface area contributed by atoms with Gasteiger partial charge in [-0.2, -0.15) is 0 Å². The van der Waals surface area contributed by atoms with Crippen LogP contribution in [-0.4, -0.2) is 48.1 Å². The number of halogens is 2. The van der Waals surface area contributed by atoms with Crippen LogP contribution in [0.1, 0.15) is 0 Å². The molecule has 0 saturated carbocycles. The Balaban J connectivity index is 1.44. The van der Waals surface area contributed by atoms with Gasteiger partial charge in [0.05, 0.1) is 0 Å². The van der Waals surface area contributed by atoms with Crippen molar-refractivity contribution in [2.24, 2.45) is 0 Å². The Hall–Kier alpha value is -3.26. The molecule has 150 valence electrons. The second-order valence-electron chi connectivity index (χ2n) is 6.97. The summed E-state index contributed by atoms with van der Waals surface area (Å²) >= 11 is 0. The van der Waals surface area contributed by atoms with Gasteiger partial charge in [-0.3, -0.25) is 0 Å². The summed E-state index contributed by atoms with van der Waals surface area (Å²) in [6, 6.07) is 13.4. The van der Waals surface area contributed by atoms with Crippen LogP contribution in [0.3, 0.4) is 0 Å². The number of para-hydroxylation sites is 1. The molecule has 0 atom stereocenters. The van der Waals surface area contributed by atoms with E-state index in [4.69, 9.17) is 0 Å². The van der Waals surface area contributed by atoms with Gasteiger partial charge < -0.3 is 20.4 Å². The van der Waals surface area contributed by atoms with Gasteiger partial charge in [0, 0.05) is 43.6 Å². The van der Waals surface area contributed by atoms with Gasteiger partial charge >= 0.3 is 0 Å². The van der Waals surface area contributed by atoms with Crippen molar-refractivity contribution in [3.63, 3.8) is 0 Å². The maximum Gasteiger partial charge on any atom is 0.149 e. The fourth-order valence-corrected chi connectivity index (χ4v) is 3.21. The number of likely N-dealkylation sites (N-methyl/N-ethyl adjacent to an activating group) is 1. The first-order chi connectivity index (χ1) is 14.1. The summed E-state index contributed by atoms with van der Waals surface area (Å²) in [5.41, 5.74) is 1.81. The minimum absolute atomic E-state index is 0.242. The van der Waals surface area contributed by atoms with Crippen molar-refractivity contribution >= 4 is 28.7 Å². The topological polar surface area (TPSA) is 56.3 Å². The Bertz CT molecular complexity index is 951. The first-order valence-corrected chi connectivity index (χ1v) is 9.42. The summed E-state index contributed by atoms with van der Waals surface area (Å²) < 4.78 is 27.7. The molecule has 6 nitrogen and oxygen atoms in total. The van der Waals surface area contributed by atoms with Crippen LogP contribution in [0, 0.1) is 11.6 Å². The molecule has 8 heteroatoms. The number of nitrogens with one attached hydrogen (secondary N) is 2. The molecule has 1 aliphatic rings. The van der Waals surface area contributed by atoms with Crippen LogP contribution in [0.5, 0.6) is 0 Å². The first-order valence-electron chi connectivity index (χ1n) is 9.42. The van der Waals surface area contributed by atoms with Gasteiger partial charge in [-0.25, -0.2) is 18.7 Å². The number of hydrogen-bond acceptors (Lipinski definition) is 6. The van der Waals surface area contributed by atoms with Gasteiger partial charge in [-0.15, -0.1) is 0 Å². The van der Waals surface area contributed by atoms with E-state index in [1.807, 2.05) is 12.1 Å². The maximum atomic E-state index is 13.8. The molecule has 4 rings (SSSR count). The van der Waals surface area contributed by atoms with Crippen molar-refractivity contribution in [1.82, 2.24) is 14.9 Å². The predicted molar refractivity (Wildman–Crippen MR) is 111 cm³/mol. The molecule has 2 N–H and O–H groups in total. The summed E-state index contributed by atoms with van der Waals surface area (Å²) in [5.74, 6) is -0.553. The lowest BCUT2D eigenvalue weighted by Crippen LogP contribution is -2.44. The van der Waals surface area contributed by atoms with E-state index in [-0.39, 0.29) is 5.69 Å². The molecule has 1 aliphatic heterocycles. The highest BCUT2D eigenvalue weighted by molar-refractivity contribution is 5.65. The first kappa shape index (κ1) is 19.1. The molecule has 2 heterocycles. The Labute approximate surface area is 168 Å². The lowest BCUT2D eigenvalue weighted by Gasteiger charge is -2.34. The smallest absolute Gasteiger partial charge is 0.149 e. The van der Waals surface area contributed by atoms with Gasteiger partial charge in [0.2, 0.25) is 0 Å². The van der Waals surface area contributed by atoms with Crippen LogP contribution >= 0.6 is 0 Å². The van der Waals surface area contributed by atoms with Crippen molar-refractivity contribution in [2.75, 3.05) is 48.8 Å². The molecule has 0 bridgehead atoms. The van der Waals surface area contributed by atoms with Crippen molar-refractivity contribution in [1.29, 1.82) is 0 Å². The average molecular weight is 396 g/mol. The van der Waals surface area contributed by atoms with Crippen LogP contribution in [0.4, 0.5) is 37.5 Å². The molecular formula is C21H22F2N6. The molecule has 2 aromatic carbocycles. The van der Waals surface area contributed by atoms with E-state index >= 15 is 0 Å². The third-order valence-electron chi connectivity index (χ3n) is 4.89. The fraction of sp³-hybridized carbons (Fsp3) is 0.238. The lowest BCUT2D eigenvalue weighted by molar-refractivity contribution is 0.313. The molecule has 1 aromatic heterocycles. The zero-order chi connectivity index (χ0) is 20.2. The Morgan fingerprint density at radius 1 is 0.828 bits per heavy atom. The number of piperazine rings is 1. The molecule has 29 heavy (non-hydrogen) atoms. The normalized spacial score (nSPS) is 14.7. The van der Waals surface area contributed by atoms with Crippen molar-refractivity contribution in [3.05, 3.63) is 66.5 Å². The molecule has 1 saturated heterocycles. The lowest BCUT2D eigenvalue weighted by atomic mass is 10.2. The third kappa shape index (κ3) is 4.60. The second kappa shape index (κ2) is 8.40. The van der Waals surface area contributed by atoms with Crippen molar-refractivity contribution in [2.45, 2.75) is 0 Å². The number of benzene rings is 2. The SMILES string of the molecule is CN1CCN(c2ccc(Nc3cc(Nc4c(F)cccc4F)ncn3)cc2)CC1. The maximum absolute atomic E-state index is 13.8. The van der Waals surface area contributed by atoms with Crippen LogP contribution in [0.2, 0.25) is 0 Å². The van der Waals surface area contributed by atoms with Crippen LogP contribution in [0.15, 0.2) is 54.9 Å². The van der Waals surface area contributed by atoms with E-state index in [2.05, 4.69) is 49.6 Å². The Morgan fingerprint density at radius 3 is 2.10 bits per heavy atom. The van der Waals surface area contributed by atoms with Gasteiger partial charge in [0.15, 0.2) is 0 Å². The zero-order valence-electron chi connectivity index (χ0n) is 16.1. The van der Waals surface area contributed by atoms with Gasteiger partial charge in [-0.05, 0) is 43.4 Å². The van der Waals surface area contributed by atoms with E-state index in [0.717, 1.165) is 31.9 Å². The monoisotopic (exact) mass is 396 g/mol. The quantitative estimate of drug-likeness (QED) is 0.680. The minimum atomic E-state index is -0.683. The highest BCUT2D eigenvalue weighted by atomic mass is 19.1. The molecule has 0 spiro atoms. The van der Waals surface area contributed by atoms with Gasteiger partial charge in [-0.1, -0.05) is 6.07 Å². The zero-order valence-corrected chi connectivity index (χ0v) is 16.1. The largest absolute Gasteiger partial charge is 0.369 e. The summed E-state index contributed by atoms with van der Waals surface area (Å²) in [6.45, 7) is 4.13. The molecule has 0 amide bonds. The van der Waals surface area contributed by atoms with Crippen LogP contribution in [-0.2, 0) is 0 Å². The second-order valence-corrected chi connectivity index (χ2v) is 6.97. The number of rotatable bonds is 5. The molecule has 1 fully saturated rings. The predicted octanol–water partition coefficient (Wildman–Crippen LogP) is 3.99. The number of hydrogen-bond donors (Lipinski definition) is 2. The fourth-order valence-electron chi connectivity index (χ4n) is 3.21. The van der Waals surface area contributed by atoms with E-state index in [0.29, 0.717) is 11.6 Å². The van der Waals surface area contributed by atoms with Gasteiger partial charge in [0.25, 0.3) is 0 Å². The van der Waals surface area contributed by atoms with Crippen molar-refractivity contribution in [3.8, 4) is 0 Å². The van der Waals surface area contributed by atoms with E-state index in [1.165, 1.54) is 30.2 Å². The summed E-state index contributed by atoms with van der Waals surface area (Å²) in [4.78, 5) is 12.9. The third-order valence-corrected chi connectivity index (χ3v) is 4.89. The number of aromatic nitrogens is 2. The highest BCUT2D eigenvalue weighted by Crippen LogP contribution is 2.25. The molecule has 3 aromatic rings. The molecular weight excluding hydrogens is 374 g/mol. The molecule has 0 aliphatic carbocycles. The van der Waals surface area contributed by atoms with E-state index < -0.39 is 11.6 Å². The molecule has 0 unspecified atom stereocenters. The van der Waals surface area contributed by atoms with E-state index in [1.54, 1.807) is 6.07 Å². The minimum Gasteiger partial charge on any atom is -0.369 e. The number of nitrogens with zero attached hydrogens (tertiary/aromatic N) is 4. The summed E-state index contributed by atoms with van der Waals surface area (Å²) in [7, 11) is 2.13. The average Bonchev–Trinajstić information content (AvgIpc) is 2.72.